The van der Waals surface area contributed by atoms with Gasteiger partial charge in [-0.2, -0.15) is 0 Å². The molecule has 0 aliphatic carbocycles. The quantitative estimate of drug-likeness (QED) is 0.686. The van der Waals surface area contributed by atoms with Gasteiger partial charge in [-0.25, -0.2) is 0 Å². The van der Waals surface area contributed by atoms with Crippen molar-refractivity contribution in [2.75, 3.05) is 6.54 Å². The van der Waals surface area contributed by atoms with Crippen LogP contribution in [-0.4, -0.2) is 16.0 Å². The lowest BCUT2D eigenvalue weighted by Gasteiger charge is -2.27. The van der Waals surface area contributed by atoms with Gasteiger partial charge in [-0.1, -0.05) is 48.5 Å². The normalized spacial score (nSPS) is 14.8. The van der Waals surface area contributed by atoms with Gasteiger partial charge in [0.1, 0.15) is 0 Å². The Morgan fingerprint density at radius 3 is 2.74 bits per heavy atom. The topological polar surface area (TPSA) is 8.17 Å². The van der Waals surface area contributed by atoms with Crippen LogP contribution in [0.4, 0.5) is 0 Å². The van der Waals surface area contributed by atoms with E-state index < -0.39 is 0 Å². The lowest BCUT2D eigenvalue weighted by atomic mass is 10.0. The first-order valence-electron chi connectivity index (χ1n) is 8.27. The van der Waals surface area contributed by atoms with Crippen molar-refractivity contribution in [3.8, 4) is 0 Å². The van der Waals surface area contributed by atoms with Crippen LogP contribution >= 0.6 is 0 Å². The molecule has 3 aromatic rings. The molecule has 2 aromatic carbocycles. The van der Waals surface area contributed by atoms with Crippen LogP contribution in [0.1, 0.15) is 22.4 Å². The largest absolute Gasteiger partial charge is 0.320 e. The summed E-state index contributed by atoms with van der Waals surface area (Å²) in [6, 6.07) is 17.5. The van der Waals surface area contributed by atoms with E-state index in [4.69, 9.17) is 0 Å². The Labute approximate surface area is 137 Å². The molecule has 0 saturated carbocycles. The summed E-state index contributed by atoms with van der Waals surface area (Å²) < 4.78 is 2.28. The van der Waals surface area contributed by atoms with Gasteiger partial charge in [0.15, 0.2) is 0 Å². The average molecular weight is 302 g/mol. The smallest absolute Gasteiger partial charge is 0.0528 e. The number of hydrogen-bond acceptors (Lipinski definition) is 1. The zero-order chi connectivity index (χ0) is 15.8. The minimum Gasteiger partial charge on any atom is -0.320 e. The van der Waals surface area contributed by atoms with Crippen LogP contribution in [-0.2, 0) is 19.5 Å². The van der Waals surface area contributed by atoms with E-state index in [0.717, 1.165) is 26.1 Å². The molecule has 0 radical (unpaired) electrons. The minimum atomic E-state index is 1.02. The molecule has 0 unspecified atom stereocenters. The molecule has 0 atom stereocenters. The van der Waals surface area contributed by atoms with Crippen LogP contribution in [0.3, 0.4) is 0 Å². The number of aryl methyl sites for hydroxylation is 1. The summed E-state index contributed by atoms with van der Waals surface area (Å²) in [4.78, 5) is 2.55. The Hall–Kier alpha value is -2.32. The van der Waals surface area contributed by atoms with E-state index in [1.807, 2.05) is 6.20 Å². The van der Waals surface area contributed by atoms with Crippen molar-refractivity contribution in [1.82, 2.24) is 9.47 Å². The van der Waals surface area contributed by atoms with Crippen LogP contribution < -0.4 is 0 Å². The molecular weight excluding hydrogens is 280 g/mol. The maximum Gasteiger partial charge on any atom is 0.0528 e. The van der Waals surface area contributed by atoms with E-state index in [2.05, 4.69) is 71.5 Å². The molecule has 116 valence electrons. The zero-order valence-corrected chi connectivity index (χ0v) is 13.6. The Balaban J connectivity index is 1.72. The summed E-state index contributed by atoms with van der Waals surface area (Å²) in [5.41, 5.74) is 6.91. The van der Waals surface area contributed by atoms with E-state index in [1.165, 1.54) is 33.3 Å². The van der Waals surface area contributed by atoms with Gasteiger partial charge in [0.2, 0.25) is 0 Å². The third-order valence-corrected chi connectivity index (χ3v) is 4.85. The van der Waals surface area contributed by atoms with Crippen molar-refractivity contribution in [3.05, 3.63) is 77.5 Å². The number of nitrogens with zero attached hydrogens (tertiary/aromatic N) is 2. The first-order valence-corrected chi connectivity index (χ1v) is 8.27. The number of fused-ring (bicyclic) bond motifs is 3. The van der Waals surface area contributed by atoms with Crippen molar-refractivity contribution in [2.45, 2.75) is 26.4 Å². The highest BCUT2D eigenvalue weighted by Gasteiger charge is 2.23. The zero-order valence-electron chi connectivity index (χ0n) is 13.6. The third kappa shape index (κ3) is 2.49. The van der Waals surface area contributed by atoms with E-state index in [1.54, 1.807) is 0 Å². The van der Waals surface area contributed by atoms with Gasteiger partial charge in [-0.05, 0) is 30.2 Å². The van der Waals surface area contributed by atoms with E-state index in [0.29, 0.717) is 0 Å². The first-order chi connectivity index (χ1) is 11.3. The number of aromatic nitrogens is 1. The number of benzene rings is 2. The average Bonchev–Trinajstić information content (AvgIpc) is 2.88. The SMILES string of the molecule is C=Cn1c2c(c3cc(C)ccc31)CN(Cc1ccccc1)CC2. The lowest BCUT2D eigenvalue weighted by Crippen LogP contribution is -2.30. The number of hydrogen-bond donors (Lipinski definition) is 0. The summed E-state index contributed by atoms with van der Waals surface area (Å²) in [5.74, 6) is 0. The maximum absolute atomic E-state index is 4.02. The molecule has 2 heteroatoms. The van der Waals surface area contributed by atoms with Crippen molar-refractivity contribution in [2.24, 2.45) is 0 Å². The summed E-state index contributed by atoms with van der Waals surface area (Å²) in [6.07, 6.45) is 3.05. The van der Waals surface area contributed by atoms with Gasteiger partial charge in [0.05, 0.1) is 5.52 Å². The number of rotatable bonds is 3. The Bertz CT molecular complexity index is 858. The fourth-order valence-corrected chi connectivity index (χ4v) is 3.75. The summed E-state index contributed by atoms with van der Waals surface area (Å²) in [6.45, 7) is 9.33. The van der Waals surface area contributed by atoms with Crippen molar-refractivity contribution < 1.29 is 0 Å². The Morgan fingerprint density at radius 2 is 1.96 bits per heavy atom. The molecule has 0 N–H and O–H groups in total. The molecule has 0 amide bonds. The molecule has 1 aliphatic rings. The second-order valence-electron chi connectivity index (χ2n) is 6.44. The van der Waals surface area contributed by atoms with Gasteiger partial charge in [0.25, 0.3) is 0 Å². The second-order valence-corrected chi connectivity index (χ2v) is 6.44. The van der Waals surface area contributed by atoms with Crippen molar-refractivity contribution in [3.63, 3.8) is 0 Å². The highest BCUT2D eigenvalue weighted by atomic mass is 15.1. The summed E-state index contributed by atoms with van der Waals surface area (Å²) in [7, 11) is 0. The Kier molecular flexibility index (Phi) is 3.55. The van der Waals surface area contributed by atoms with Gasteiger partial charge in [-0.15, -0.1) is 0 Å². The highest BCUT2D eigenvalue weighted by molar-refractivity contribution is 5.88. The molecule has 4 rings (SSSR count). The predicted molar refractivity (Wildman–Crippen MR) is 97.3 cm³/mol. The molecular formula is C21H22N2. The van der Waals surface area contributed by atoms with Crippen LogP contribution in [0.5, 0.6) is 0 Å². The fourth-order valence-electron chi connectivity index (χ4n) is 3.75. The fraction of sp³-hybridized carbons (Fsp3) is 0.238. The summed E-state index contributed by atoms with van der Waals surface area (Å²) in [5, 5.41) is 1.39. The highest BCUT2D eigenvalue weighted by Crippen LogP contribution is 2.32. The van der Waals surface area contributed by atoms with Crippen LogP contribution in [0.15, 0.2) is 55.1 Å². The van der Waals surface area contributed by atoms with Gasteiger partial charge >= 0.3 is 0 Å². The van der Waals surface area contributed by atoms with Gasteiger partial charge in [0, 0.05) is 43.3 Å². The molecule has 2 heterocycles. The molecule has 2 nitrogen and oxygen atoms in total. The van der Waals surface area contributed by atoms with E-state index in [-0.39, 0.29) is 0 Å². The Morgan fingerprint density at radius 1 is 1.13 bits per heavy atom. The van der Waals surface area contributed by atoms with Crippen molar-refractivity contribution in [1.29, 1.82) is 0 Å². The summed E-state index contributed by atoms with van der Waals surface area (Å²) >= 11 is 0. The van der Waals surface area contributed by atoms with Crippen molar-refractivity contribution >= 4 is 17.1 Å². The molecule has 0 saturated heterocycles. The molecule has 0 bridgehead atoms. The van der Waals surface area contributed by atoms with Gasteiger partial charge in [-0.3, -0.25) is 4.90 Å². The maximum atomic E-state index is 4.02. The second kappa shape index (κ2) is 5.71. The predicted octanol–water partition coefficient (Wildman–Crippen LogP) is 4.61. The molecule has 1 aliphatic heterocycles. The lowest BCUT2D eigenvalue weighted by molar-refractivity contribution is 0.245. The molecule has 0 fully saturated rings. The molecule has 0 spiro atoms. The molecule has 1 aromatic heterocycles. The van der Waals surface area contributed by atoms with E-state index in [9.17, 15) is 0 Å². The minimum absolute atomic E-state index is 1.02. The monoisotopic (exact) mass is 302 g/mol. The molecule has 23 heavy (non-hydrogen) atoms. The third-order valence-electron chi connectivity index (χ3n) is 4.85. The standard InChI is InChI=1S/C21H22N2/c1-3-23-20-10-9-16(2)13-18(20)19-15-22(12-11-21(19)23)14-17-7-5-4-6-8-17/h3-10,13H,1,11-12,14-15H2,2H3. The van der Waals surface area contributed by atoms with Crippen LogP contribution in [0.25, 0.3) is 17.1 Å². The first kappa shape index (κ1) is 14.3. The van der Waals surface area contributed by atoms with Gasteiger partial charge < -0.3 is 4.57 Å². The van der Waals surface area contributed by atoms with E-state index >= 15 is 0 Å². The van der Waals surface area contributed by atoms with Crippen LogP contribution in [0.2, 0.25) is 0 Å². The van der Waals surface area contributed by atoms with Crippen LogP contribution in [0, 0.1) is 6.92 Å².